The van der Waals surface area contributed by atoms with Crippen LogP contribution in [-0.4, -0.2) is 63.4 Å². The van der Waals surface area contributed by atoms with Crippen molar-refractivity contribution >= 4 is 11.4 Å². The standard InChI is InChI=1S/C30H40FN5O/c1-4-36(20(2)3)30(37)28-14-24(31)7-10-26(28)27-13-23(18-35-19-33-15-29(27)35)22-11-12-34(17-22)16-21-5-8-25(32)9-6-21/h7,10,13-15,18-22,25H,4-6,8-9,11-12,16-17,32H2,1-3H3. The van der Waals surface area contributed by atoms with Crippen LogP contribution in [0.2, 0.25) is 0 Å². The second kappa shape index (κ2) is 10.9. The highest BCUT2D eigenvalue weighted by atomic mass is 19.1. The minimum atomic E-state index is -0.400. The van der Waals surface area contributed by atoms with Crippen LogP contribution >= 0.6 is 0 Å². The molecule has 3 heterocycles. The zero-order valence-corrected chi connectivity index (χ0v) is 22.4. The molecule has 6 nitrogen and oxygen atoms in total. The minimum absolute atomic E-state index is 0.0271. The lowest BCUT2D eigenvalue weighted by atomic mass is 9.86. The molecular formula is C30H40FN5O. The van der Waals surface area contributed by atoms with Crippen molar-refractivity contribution in [3.8, 4) is 11.1 Å². The molecule has 0 radical (unpaired) electrons. The topological polar surface area (TPSA) is 66.9 Å². The highest BCUT2D eigenvalue weighted by Gasteiger charge is 2.29. The predicted octanol–water partition coefficient (Wildman–Crippen LogP) is 5.32. The van der Waals surface area contributed by atoms with Gasteiger partial charge in [0.2, 0.25) is 0 Å². The van der Waals surface area contributed by atoms with Gasteiger partial charge in [-0.2, -0.15) is 0 Å². The number of nitrogens with two attached hydrogens (primary N) is 1. The Bertz CT molecular complexity index is 1250. The Balaban J connectivity index is 1.46. The van der Waals surface area contributed by atoms with Gasteiger partial charge in [0.15, 0.2) is 0 Å². The van der Waals surface area contributed by atoms with E-state index in [9.17, 15) is 9.18 Å². The molecule has 1 amide bonds. The summed E-state index contributed by atoms with van der Waals surface area (Å²) < 4.78 is 16.5. The Morgan fingerprint density at radius 1 is 1.16 bits per heavy atom. The summed E-state index contributed by atoms with van der Waals surface area (Å²) in [6.45, 7) is 9.80. The van der Waals surface area contributed by atoms with Gasteiger partial charge in [-0.1, -0.05) is 6.07 Å². The minimum Gasteiger partial charge on any atom is -0.336 e. The molecule has 37 heavy (non-hydrogen) atoms. The molecule has 1 aliphatic carbocycles. The van der Waals surface area contributed by atoms with Gasteiger partial charge in [-0.3, -0.25) is 4.79 Å². The lowest BCUT2D eigenvalue weighted by Gasteiger charge is -2.29. The Labute approximate surface area is 219 Å². The monoisotopic (exact) mass is 505 g/mol. The van der Waals surface area contributed by atoms with Gasteiger partial charge in [-0.15, -0.1) is 0 Å². The van der Waals surface area contributed by atoms with Crippen LogP contribution in [0.1, 0.15) is 74.7 Å². The maximum absolute atomic E-state index is 14.4. The maximum atomic E-state index is 14.4. The van der Waals surface area contributed by atoms with E-state index < -0.39 is 5.82 Å². The summed E-state index contributed by atoms with van der Waals surface area (Å²) >= 11 is 0. The SMILES string of the molecule is CCN(C(=O)c1cc(F)ccc1-c1cc(C2CCN(CC3CCC(N)CC3)C2)cn2cncc12)C(C)C. The van der Waals surface area contributed by atoms with E-state index in [4.69, 9.17) is 5.73 Å². The molecule has 2 N–H and O–H groups in total. The van der Waals surface area contributed by atoms with Crippen molar-refractivity contribution < 1.29 is 9.18 Å². The van der Waals surface area contributed by atoms with Crippen molar-refractivity contribution in [2.75, 3.05) is 26.2 Å². The number of fused-ring (bicyclic) bond motifs is 1. The van der Waals surface area contributed by atoms with E-state index in [0.29, 0.717) is 24.1 Å². The number of imidazole rings is 1. The summed E-state index contributed by atoms with van der Waals surface area (Å²) in [4.78, 5) is 22.3. The van der Waals surface area contributed by atoms with Gasteiger partial charge in [-0.25, -0.2) is 9.37 Å². The number of pyridine rings is 1. The molecule has 1 saturated carbocycles. The van der Waals surface area contributed by atoms with E-state index in [1.165, 1.54) is 30.5 Å². The van der Waals surface area contributed by atoms with Crippen molar-refractivity contribution in [2.45, 2.75) is 70.9 Å². The van der Waals surface area contributed by atoms with E-state index >= 15 is 0 Å². The average Bonchev–Trinajstić information content (AvgIpc) is 3.55. The van der Waals surface area contributed by atoms with Gasteiger partial charge in [0.05, 0.1) is 23.6 Å². The first-order chi connectivity index (χ1) is 17.8. The van der Waals surface area contributed by atoms with Crippen molar-refractivity contribution in [1.82, 2.24) is 19.2 Å². The van der Waals surface area contributed by atoms with Crippen LogP contribution in [0, 0.1) is 11.7 Å². The fourth-order valence-electron chi connectivity index (χ4n) is 6.33. The second-order valence-corrected chi connectivity index (χ2v) is 11.3. The van der Waals surface area contributed by atoms with Gasteiger partial charge in [0.25, 0.3) is 5.91 Å². The number of hydrogen-bond acceptors (Lipinski definition) is 4. The molecule has 0 spiro atoms. The Hall–Kier alpha value is -2.77. The number of rotatable bonds is 7. The number of halogens is 1. The van der Waals surface area contributed by atoms with E-state index in [0.717, 1.165) is 61.5 Å². The number of nitrogens with zero attached hydrogens (tertiary/aromatic N) is 4. The zero-order chi connectivity index (χ0) is 26.1. The molecule has 198 valence electrons. The molecule has 2 fully saturated rings. The number of hydrogen-bond donors (Lipinski definition) is 1. The van der Waals surface area contributed by atoms with E-state index in [-0.39, 0.29) is 11.9 Å². The molecular weight excluding hydrogens is 465 g/mol. The Morgan fingerprint density at radius 2 is 1.95 bits per heavy atom. The molecule has 1 atom stereocenters. The summed E-state index contributed by atoms with van der Waals surface area (Å²) in [5.74, 6) is 0.622. The number of carbonyl (C=O) groups excluding carboxylic acids is 1. The van der Waals surface area contributed by atoms with E-state index in [1.807, 2.05) is 37.7 Å². The number of amides is 1. The summed E-state index contributed by atoms with van der Waals surface area (Å²) in [5, 5.41) is 0. The first-order valence-corrected chi connectivity index (χ1v) is 13.9. The zero-order valence-electron chi connectivity index (χ0n) is 22.4. The summed E-state index contributed by atoms with van der Waals surface area (Å²) in [6.07, 6.45) is 11.7. The summed E-state index contributed by atoms with van der Waals surface area (Å²) in [6, 6.07) is 7.20. The molecule has 3 aromatic rings. The smallest absolute Gasteiger partial charge is 0.254 e. The predicted molar refractivity (Wildman–Crippen MR) is 146 cm³/mol. The molecule has 2 aromatic heterocycles. The molecule has 1 unspecified atom stereocenters. The van der Waals surface area contributed by atoms with Crippen LogP contribution in [0.3, 0.4) is 0 Å². The van der Waals surface area contributed by atoms with E-state index in [1.54, 1.807) is 11.0 Å². The van der Waals surface area contributed by atoms with Crippen molar-refractivity contribution in [3.63, 3.8) is 0 Å². The van der Waals surface area contributed by atoms with Crippen molar-refractivity contribution in [1.29, 1.82) is 0 Å². The number of carbonyl (C=O) groups is 1. The highest BCUT2D eigenvalue weighted by molar-refractivity contribution is 6.03. The highest BCUT2D eigenvalue weighted by Crippen LogP contribution is 2.36. The van der Waals surface area contributed by atoms with Gasteiger partial charge < -0.3 is 19.9 Å². The third-order valence-electron chi connectivity index (χ3n) is 8.42. The Morgan fingerprint density at radius 3 is 2.68 bits per heavy atom. The third-order valence-corrected chi connectivity index (χ3v) is 8.42. The average molecular weight is 506 g/mol. The van der Waals surface area contributed by atoms with Crippen LogP contribution in [0.4, 0.5) is 4.39 Å². The maximum Gasteiger partial charge on any atom is 0.254 e. The molecule has 5 rings (SSSR count). The normalized spacial score (nSPS) is 22.7. The lowest BCUT2D eigenvalue weighted by molar-refractivity contribution is 0.0717. The van der Waals surface area contributed by atoms with E-state index in [2.05, 4.69) is 22.1 Å². The summed E-state index contributed by atoms with van der Waals surface area (Å²) in [5.41, 5.74) is 10.4. The van der Waals surface area contributed by atoms with Gasteiger partial charge in [0, 0.05) is 43.5 Å². The first-order valence-electron chi connectivity index (χ1n) is 13.9. The Kier molecular flexibility index (Phi) is 7.63. The molecule has 1 aliphatic heterocycles. The molecule has 0 bridgehead atoms. The van der Waals surface area contributed by atoms with Crippen LogP contribution in [0.25, 0.3) is 16.6 Å². The van der Waals surface area contributed by atoms with Gasteiger partial charge in [-0.05, 0) is 101 Å². The van der Waals surface area contributed by atoms with Crippen LogP contribution < -0.4 is 5.73 Å². The largest absolute Gasteiger partial charge is 0.336 e. The number of benzene rings is 1. The summed E-state index contributed by atoms with van der Waals surface area (Å²) in [7, 11) is 0. The lowest BCUT2D eigenvalue weighted by Crippen LogP contribution is -2.37. The molecule has 1 saturated heterocycles. The third kappa shape index (κ3) is 5.43. The fraction of sp³-hybridized carbons (Fsp3) is 0.533. The first kappa shape index (κ1) is 25.9. The van der Waals surface area contributed by atoms with Gasteiger partial charge in [0.1, 0.15) is 5.82 Å². The van der Waals surface area contributed by atoms with Crippen LogP contribution in [-0.2, 0) is 0 Å². The quantitative estimate of drug-likeness (QED) is 0.472. The second-order valence-electron chi connectivity index (χ2n) is 11.3. The number of likely N-dealkylation sites (tertiary alicyclic amines) is 1. The molecule has 7 heteroatoms. The van der Waals surface area contributed by atoms with Crippen molar-refractivity contribution in [3.05, 3.63) is 59.9 Å². The fourth-order valence-corrected chi connectivity index (χ4v) is 6.33. The van der Waals surface area contributed by atoms with Crippen molar-refractivity contribution in [2.24, 2.45) is 11.7 Å². The number of aromatic nitrogens is 2. The van der Waals surface area contributed by atoms with Crippen LogP contribution in [0.15, 0.2) is 43.0 Å². The van der Waals surface area contributed by atoms with Crippen LogP contribution in [0.5, 0.6) is 0 Å². The molecule has 1 aromatic carbocycles. The van der Waals surface area contributed by atoms with Gasteiger partial charge >= 0.3 is 0 Å². The molecule has 2 aliphatic rings.